The van der Waals surface area contributed by atoms with Crippen LogP contribution >= 0.6 is 12.2 Å². The number of benzene rings is 1. The first-order valence-corrected chi connectivity index (χ1v) is 6.81. The van der Waals surface area contributed by atoms with Gasteiger partial charge in [-0.2, -0.15) is 0 Å². The largest absolute Gasteiger partial charge is 0.461 e. The molecule has 1 aliphatic rings. The van der Waals surface area contributed by atoms with E-state index >= 15 is 0 Å². The summed E-state index contributed by atoms with van der Waals surface area (Å²) < 4.78 is 30.7. The quantitative estimate of drug-likeness (QED) is 0.617. The number of hydrogen-bond acceptors (Lipinski definition) is 4. The Morgan fingerprint density at radius 3 is 2.59 bits per heavy atom. The Bertz CT molecular complexity index is 539. The van der Waals surface area contributed by atoms with E-state index in [1.54, 1.807) is 18.2 Å². The molecule has 4 nitrogen and oxygen atoms in total. The summed E-state index contributed by atoms with van der Waals surface area (Å²) in [6, 6.07) is 8.14. The Morgan fingerprint density at radius 2 is 2.06 bits per heavy atom. The number of hydrogen-bond donors (Lipinski definition) is 0. The maximum atomic E-state index is 12.2. The third-order valence-electron chi connectivity index (χ3n) is 2.40. The Hall–Kier alpha value is -1.40. The van der Waals surface area contributed by atoms with E-state index in [1.165, 1.54) is 18.2 Å². The highest BCUT2D eigenvalue weighted by Crippen LogP contribution is 2.22. The fourth-order valence-electron chi connectivity index (χ4n) is 1.50. The van der Waals surface area contributed by atoms with E-state index in [-0.39, 0.29) is 22.7 Å². The Morgan fingerprint density at radius 1 is 1.41 bits per heavy atom. The van der Waals surface area contributed by atoms with E-state index in [2.05, 4.69) is 6.58 Å². The number of sulfonamides is 1. The average Bonchev–Trinajstić information content (AvgIpc) is 2.72. The maximum absolute atomic E-state index is 12.2. The molecular weight excluding hydrogens is 258 g/mol. The minimum atomic E-state index is -3.61. The van der Waals surface area contributed by atoms with Crippen LogP contribution in [0.3, 0.4) is 0 Å². The van der Waals surface area contributed by atoms with Crippen molar-refractivity contribution in [3.8, 4) is 0 Å². The van der Waals surface area contributed by atoms with Crippen LogP contribution in [0.1, 0.15) is 0 Å². The molecule has 0 radical (unpaired) electrons. The molecule has 6 heteroatoms. The third-order valence-corrected chi connectivity index (χ3v) is 4.59. The van der Waals surface area contributed by atoms with Gasteiger partial charge in [-0.25, -0.2) is 12.7 Å². The van der Waals surface area contributed by atoms with Crippen LogP contribution in [0.25, 0.3) is 0 Å². The third kappa shape index (κ3) is 2.18. The molecule has 2 rings (SSSR count). The van der Waals surface area contributed by atoms with E-state index in [9.17, 15) is 8.42 Å². The predicted molar refractivity (Wildman–Crippen MR) is 68.0 cm³/mol. The van der Waals surface area contributed by atoms with Gasteiger partial charge >= 0.3 is 0 Å². The molecule has 0 unspecified atom stereocenters. The predicted octanol–water partition coefficient (Wildman–Crippen LogP) is 1.55. The van der Waals surface area contributed by atoms with Crippen LogP contribution in [-0.4, -0.2) is 30.5 Å². The molecule has 0 spiro atoms. The Labute approximate surface area is 106 Å². The maximum Gasteiger partial charge on any atom is 0.274 e. The van der Waals surface area contributed by atoms with Crippen LogP contribution in [0.5, 0.6) is 0 Å². The molecule has 1 fully saturated rings. The molecule has 1 heterocycles. The van der Waals surface area contributed by atoms with Gasteiger partial charge in [0.25, 0.3) is 15.2 Å². The molecule has 90 valence electrons. The zero-order valence-electron chi connectivity index (χ0n) is 8.94. The molecule has 1 aliphatic heterocycles. The summed E-state index contributed by atoms with van der Waals surface area (Å²) in [6.45, 7) is 3.74. The smallest absolute Gasteiger partial charge is 0.274 e. The van der Waals surface area contributed by atoms with Gasteiger partial charge in [0.1, 0.15) is 6.10 Å². The first-order chi connectivity index (χ1) is 8.05. The average molecular weight is 269 g/mol. The highest BCUT2D eigenvalue weighted by molar-refractivity contribution is 7.91. The van der Waals surface area contributed by atoms with Crippen molar-refractivity contribution in [3.63, 3.8) is 0 Å². The molecule has 0 N–H and O–H groups in total. The molecule has 0 aromatic heterocycles. The van der Waals surface area contributed by atoms with Gasteiger partial charge in [0.05, 0.1) is 11.4 Å². The van der Waals surface area contributed by atoms with Crippen molar-refractivity contribution in [3.05, 3.63) is 43.0 Å². The van der Waals surface area contributed by atoms with Gasteiger partial charge in [0.2, 0.25) is 0 Å². The molecule has 0 saturated carbocycles. The van der Waals surface area contributed by atoms with Gasteiger partial charge in [-0.05, 0) is 30.4 Å². The van der Waals surface area contributed by atoms with Gasteiger partial charge < -0.3 is 4.74 Å². The van der Waals surface area contributed by atoms with Gasteiger partial charge in [-0.15, -0.1) is 0 Å². The van der Waals surface area contributed by atoms with Crippen molar-refractivity contribution >= 4 is 27.4 Å². The lowest BCUT2D eigenvalue weighted by Gasteiger charge is -2.15. The van der Waals surface area contributed by atoms with E-state index in [0.717, 1.165) is 4.31 Å². The molecule has 1 aromatic rings. The van der Waals surface area contributed by atoms with Crippen LogP contribution in [-0.2, 0) is 14.8 Å². The molecule has 1 aromatic carbocycles. The normalized spacial score (nSPS) is 20.1. The summed E-state index contributed by atoms with van der Waals surface area (Å²) in [5.74, 6) is 0. The Balaban J connectivity index is 2.35. The molecular formula is C11H11NO3S2. The summed E-state index contributed by atoms with van der Waals surface area (Å²) in [7, 11) is -3.61. The van der Waals surface area contributed by atoms with Crippen LogP contribution < -0.4 is 0 Å². The van der Waals surface area contributed by atoms with Crippen molar-refractivity contribution in [2.75, 3.05) is 6.54 Å². The van der Waals surface area contributed by atoms with Gasteiger partial charge in [0, 0.05) is 0 Å². The fraction of sp³-hybridized carbons (Fsp3) is 0.182. The van der Waals surface area contributed by atoms with Crippen molar-refractivity contribution in [2.24, 2.45) is 0 Å². The summed E-state index contributed by atoms with van der Waals surface area (Å²) in [5.41, 5.74) is 0. The molecule has 1 saturated heterocycles. The first kappa shape index (κ1) is 12.1. The van der Waals surface area contributed by atoms with Gasteiger partial charge in [0.15, 0.2) is 0 Å². The molecule has 0 aliphatic carbocycles. The molecule has 1 atom stereocenters. The molecule has 0 bridgehead atoms. The number of nitrogens with zero attached hydrogens (tertiary/aromatic N) is 1. The van der Waals surface area contributed by atoms with Crippen LogP contribution in [0.2, 0.25) is 0 Å². The van der Waals surface area contributed by atoms with Crippen molar-refractivity contribution in [2.45, 2.75) is 11.0 Å². The lowest BCUT2D eigenvalue weighted by molar-refractivity contribution is 0.287. The first-order valence-electron chi connectivity index (χ1n) is 4.96. The topological polar surface area (TPSA) is 46.6 Å². The van der Waals surface area contributed by atoms with E-state index < -0.39 is 10.0 Å². The Kier molecular flexibility index (Phi) is 3.17. The van der Waals surface area contributed by atoms with Crippen molar-refractivity contribution < 1.29 is 13.2 Å². The lowest BCUT2D eigenvalue weighted by Crippen LogP contribution is -2.32. The SMILES string of the molecule is C=C[C@@H]1CN(S(=O)(=O)c2ccccc2)C(=S)O1. The van der Waals surface area contributed by atoms with Crippen LogP contribution in [0.15, 0.2) is 47.9 Å². The second-order valence-electron chi connectivity index (χ2n) is 3.51. The molecule has 0 amide bonds. The monoisotopic (exact) mass is 269 g/mol. The summed E-state index contributed by atoms with van der Waals surface area (Å²) >= 11 is 4.91. The number of ether oxygens (including phenoxy) is 1. The van der Waals surface area contributed by atoms with E-state index in [4.69, 9.17) is 17.0 Å². The second kappa shape index (κ2) is 4.46. The van der Waals surface area contributed by atoms with Crippen LogP contribution in [0.4, 0.5) is 0 Å². The minimum absolute atomic E-state index is 0.0289. The van der Waals surface area contributed by atoms with Crippen molar-refractivity contribution in [1.82, 2.24) is 4.31 Å². The minimum Gasteiger partial charge on any atom is -0.461 e. The summed E-state index contributed by atoms with van der Waals surface area (Å²) in [6.07, 6.45) is 1.16. The van der Waals surface area contributed by atoms with E-state index in [0.29, 0.717) is 0 Å². The highest BCUT2D eigenvalue weighted by atomic mass is 32.2. The number of thiocarbonyl (C=S) groups is 1. The molecule has 17 heavy (non-hydrogen) atoms. The van der Waals surface area contributed by atoms with E-state index in [1.807, 2.05) is 0 Å². The van der Waals surface area contributed by atoms with Gasteiger partial charge in [-0.1, -0.05) is 24.8 Å². The van der Waals surface area contributed by atoms with Gasteiger partial charge in [-0.3, -0.25) is 0 Å². The highest BCUT2D eigenvalue weighted by Gasteiger charge is 2.36. The zero-order valence-corrected chi connectivity index (χ0v) is 10.6. The lowest BCUT2D eigenvalue weighted by atomic mass is 10.4. The van der Waals surface area contributed by atoms with Crippen molar-refractivity contribution in [1.29, 1.82) is 0 Å². The second-order valence-corrected chi connectivity index (χ2v) is 5.72. The summed E-state index contributed by atoms with van der Waals surface area (Å²) in [5, 5.41) is -0.0289. The fourth-order valence-corrected chi connectivity index (χ4v) is 3.33. The summed E-state index contributed by atoms with van der Waals surface area (Å²) in [4.78, 5) is 0.204. The van der Waals surface area contributed by atoms with Crippen LogP contribution in [0, 0.1) is 0 Å². The zero-order chi connectivity index (χ0) is 12.5. The standard InChI is InChI=1S/C11H11NO3S2/c1-2-9-8-12(11(16)15-9)17(13,14)10-6-4-3-5-7-10/h2-7,9H,1,8H2/t9-/m1/s1. The number of rotatable bonds is 3.